The Bertz CT molecular complexity index is 696. The van der Waals surface area contributed by atoms with Gasteiger partial charge in [-0.15, -0.1) is 0 Å². The normalized spacial score (nSPS) is 11.8. The summed E-state index contributed by atoms with van der Waals surface area (Å²) in [7, 11) is 1.65. The topological polar surface area (TPSA) is 54.1 Å². The van der Waals surface area contributed by atoms with Crippen molar-refractivity contribution in [3.8, 4) is 5.75 Å². The standard InChI is InChI=1S/C16H20N2O2/c1-9(8-10(2)19)17-14-7-6-13-11(3)12(4)18-15(13)16(14)20-5/h6-8,17-18H,1-5H3/b9-8-. The Labute approximate surface area is 118 Å². The molecule has 0 radical (unpaired) electrons. The molecule has 0 aliphatic carbocycles. The maximum atomic E-state index is 11.1. The molecule has 0 atom stereocenters. The van der Waals surface area contributed by atoms with Crippen molar-refractivity contribution in [3.63, 3.8) is 0 Å². The van der Waals surface area contributed by atoms with Gasteiger partial charge in [-0.1, -0.05) is 6.07 Å². The van der Waals surface area contributed by atoms with Gasteiger partial charge in [0, 0.05) is 16.8 Å². The van der Waals surface area contributed by atoms with Gasteiger partial charge < -0.3 is 15.0 Å². The maximum Gasteiger partial charge on any atom is 0.166 e. The summed E-state index contributed by atoms with van der Waals surface area (Å²) in [5.41, 5.74) is 4.96. The van der Waals surface area contributed by atoms with Crippen LogP contribution in [0, 0.1) is 13.8 Å². The van der Waals surface area contributed by atoms with Crippen molar-refractivity contribution in [1.82, 2.24) is 4.98 Å². The summed E-state index contributed by atoms with van der Waals surface area (Å²) < 4.78 is 5.53. The molecule has 2 aromatic rings. The van der Waals surface area contributed by atoms with Crippen molar-refractivity contribution in [2.45, 2.75) is 27.7 Å². The van der Waals surface area contributed by atoms with E-state index in [4.69, 9.17) is 4.74 Å². The first-order chi connectivity index (χ1) is 9.43. The number of aromatic amines is 1. The molecule has 4 nitrogen and oxygen atoms in total. The highest BCUT2D eigenvalue weighted by Crippen LogP contribution is 2.36. The Kier molecular flexibility index (Phi) is 3.84. The van der Waals surface area contributed by atoms with E-state index in [1.807, 2.05) is 19.9 Å². The van der Waals surface area contributed by atoms with Crippen molar-refractivity contribution >= 4 is 22.4 Å². The predicted molar refractivity (Wildman–Crippen MR) is 82.4 cm³/mol. The van der Waals surface area contributed by atoms with Gasteiger partial charge in [0.15, 0.2) is 11.5 Å². The number of hydrogen-bond donors (Lipinski definition) is 2. The van der Waals surface area contributed by atoms with Gasteiger partial charge in [0.2, 0.25) is 0 Å². The lowest BCUT2D eigenvalue weighted by molar-refractivity contribution is -0.112. The Balaban J connectivity index is 2.52. The number of hydrogen-bond acceptors (Lipinski definition) is 3. The number of methoxy groups -OCH3 is 1. The molecule has 0 aliphatic heterocycles. The van der Waals surface area contributed by atoms with E-state index in [2.05, 4.69) is 23.3 Å². The number of H-pyrrole nitrogens is 1. The number of ether oxygens (including phenoxy) is 1. The van der Waals surface area contributed by atoms with E-state index in [1.165, 1.54) is 12.5 Å². The third kappa shape index (κ3) is 2.54. The van der Waals surface area contributed by atoms with Crippen molar-refractivity contribution in [2.75, 3.05) is 12.4 Å². The number of ketones is 1. The minimum Gasteiger partial charge on any atom is -0.492 e. The third-order valence-electron chi connectivity index (χ3n) is 3.39. The molecule has 0 aliphatic rings. The smallest absolute Gasteiger partial charge is 0.166 e. The second kappa shape index (κ2) is 5.41. The zero-order valence-corrected chi connectivity index (χ0v) is 12.5. The highest BCUT2D eigenvalue weighted by molar-refractivity contribution is 5.94. The number of nitrogens with one attached hydrogen (secondary N) is 2. The molecule has 0 saturated carbocycles. The van der Waals surface area contributed by atoms with Gasteiger partial charge >= 0.3 is 0 Å². The van der Waals surface area contributed by atoms with Crippen molar-refractivity contribution < 1.29 is 9.53 Å². The van der Waals surface area contributed by atoms with E-state index in [0.29, 0.717) is 0 Å². The monoisotopic (exact) mass is 272 g/mol. The van der Waals surface area contributed by atoms with Gasteiger partial charge in [0.25, 0.3) is 0 Å². The molecular formula is C16H20N2O2. The molecular weight excluding hydrogens is 252 g/mol. The zero-order valence-electron chi connectivity index (χ0n) is 12.5. The number of carbonyl (C=O) groups excluding carboxylic acids is 1. The number of allylic oxidation sites excluding steroid dienone is 2. The zero-order chi connectivity index (χ0) is 14.9. The minimum atomic E-state index is 0.0154. The first-order valence-electron chi connectivity index (χ1n) is 6.55. The van der Waals surface area contributed by atoms with Gasteiger partial charge in [0.1, 0.15) is 0 Å². The number of rotatable bonds is 4. The summed E-state index contributed by atoms with van der Waals surface area (Å²) in [5.74, 6) is 0.775. The SMILES string of the molecule is COc1c(N/C(C)=C\C(C)=O)ccc2c(C)c(C)[nH]c12. The number of aromatic nitrogens is 1. The molecule has 1 aromatic carbocycles. The number of benzene rings is 1. The molecule has 2 N–H and O–H groups in total. The van der Waals surface area contributed by atoms with Crippen LogP contribution in [0.2, 0.25) is 0 Å². The Morgan fingerprint density at radius 2 is 2.00 bits per heavy atom. The Hall–Kier alpha value is -2.23. The Morgan fingerprint density at radius 1 is 1.30 bits per heavy atom. The van der Waals surface area contributed by atoms with E-state index in [9.17, 15) is 4.79 Å². The summed E-state index contributed by atoms with van der Waals surface area (Å²) in [4.78, 5) is 14.5. The molecule has 4 heteroatoms. The van der Waals surface area contributed by atoms with Crippen LogP contribution in [0.3, 0.4) is 0 Å². The average Bonchev–Trinajstić information content (AvgIpc) is 2.64. The van der Waals surface area contributed by atoms with Gasteiger partial charge in [-0.25, -0.2) is 0 Å². The molecule has 0 fully saturated rings. The first kappa shape index (κ1) is 14.2. The predicted octanol–water partition coefficient (Wildman–Crippen LogP) is 3.70. The van der Waals surface area contributed by atoms with Crippen molar-refractivity contribution in [1.29, 1.82) is 0 Å². The lowest BCUT2D eigenvalue weighted by Crippen LogP contribution is -2.00. The molecule has 20 heavy (non-hydrogen) atoms. The molecule has 106 valence electrons. The van der Waals surface area contributed by atoms with Crippen LogP contribution in [0.1, 0.15) is 25.1 Å². The summed E-state index contributed by atoms with van der Waals surface area (Å²) in [6.45, 7) is 7.52. The molecule has 0 bridgehead atoms. The van der Waals surface area contributed by atoms with E-state index < -0.39 is 0 Å². The fourth-order valence-corrected chi connectivity index (χ4v) is 2.37. The molecule has 2 rings (SSSR count). The van der Waals surface area contributed by atoms with Crippen LogP contribution in [0.4, 0.5) is 5.69 Å². The van der Waals surface area contributed by atoms with Gasteiger partial charge in [0.05, 0.1) is 18.3 Å². The second-order valence-electron chi connectivity index (χ2n) is 5.01. The van der Waals surface area contributed by atoms with Crippen molar-refractivity contribution in [2.24, 2.45) is 0 Å². The minimum absolute atomic E-state index is 0.0154. The molecule has 1 aromatic heterocycles. The average molecular weight is 272 g/mol. The molecule has 1 heterocycles. The van der Waals surface area contributed by atoms with Crippen molar-refractivity contribution in [3.05, 3.63) is 35.2 Å². The molecule has 0 spiro atoms. The fourth-order valence-electron chi connectivity index (χ4n) is 2.37. The quantitative estimate of drug-likeness (QED) is 0.834. The van der Waals surface area contributed by atoms with E-state index in [1.54, 1.807) is 13.2 Å². The van der Waals surface area contributed by atoms with E-state index in [0.717, 1.165) is 33.7 Å². The Morgan fingerprint density at radius 3 is 2.60 bits per heavy atom. The maximum absolute atomic E-state index is 11.1. The largest absolute Gasteiger partial charge is 0.492 e. The highest BCUT2D eigenvalue weighted by atomic mass is 16.5. The lowest BCUT2D eigenvalue weighted by atomic mass is 10.1. The van der Waals surface area contributed by atoms with Gasteiger partial charge in [-0.3, -0.25) is 4.79 Å². The summed E-state index contributed by atoms with van der Waals surface area (Å²) in [6, 6.07) is 4.03. The highest BCUT2D eigenvalue weighted by Gasteiger charge is 2.13. The van der Waals surface area contributed by atoms with Crippen LogP contribution in [-0.4, -0.2) is 17.9 Å². The van der Waals surface area contributed by atoms with Crippen LogP contribution < -0.4 is 10.1 Å². The van der Waals surface area contributed by atoms with Gasteiger partial charge in [-0.05, 0) is 45.4 Å². The molecule has 0 amide bonds. The van der Waals surface area contributed by atoms with E-state index >= 15 is 0 Å². The number of fused-ring (bicyclic) bond motifs is 1. The number of aryl methyl sites for hydroxylation is 2. The first-order valence-corrected chi connectivity index (χ1v) is 6.55. The van der Waals surface area contributed by atoms with E-state index in [-0.39, 0.29) is 5.78 Å². The van der Waals surface area contributed by atoms with Crippen LogP contribution in [0.25, 0.3) is 10.9 Å². The summed E-state index contributed by atoms with van der Waals surface area (Å²) in [6.07, 6.45) is 1.56. The van der Waals surface area contributed by atoms with Crippen LogP contribution >= 0.6 is 0 Å². The van der Waals surface area contributed by atoms with Gasteiger partial charge in [-0.2, -0.15) is 0 Å². The summed E-state index contributed by atoms with van der Waals surface area (Å²) >= 11 is 0. The lowest BCUT2D eigenvalue weighted by Gasteiger charge is -2.12. The van der Waals surface area contributed by atoms with Crippen LogP contribution in [-0.2, 0) is 4.79 Å². The second-order valence-corrected chi connectivity index (χ2v) is 5.01. The summed E-state index contributed by atoms with van der Waals surface area (Å²) in [5, 5.41) is 4.36. The van der Waals surface area contributed by atoms with Crippen LogP contribution in [0.15, 0.2) is 23.9 Å². The molecule has 0 saturated heterocycles. The third-order valence-corrected chi connectivity index (χ3v) is 3.39. The van der Waals surface area contributed by atoms with Crippen LogP contribution in [0.5, 0.6) is 5.75 Å². The fraction of sp³-hybridized carbons (Fsp3) is 0.312. The number of carbonyl (C=O) groups is 1. The number of anilines is 1. The molecule has 0 unspecified atom stereocenters.